The van der Waals surface area contributed by atoms with Gasteiger partial charge >= 0.3 is 0 Å². The Morgan fingerprint density at radius 1 is 1.08 bits per heavy atom. The lowest BCUT2D eigenvalue weighted by Crippen LogP contribution is -2.38. The summed E-state index contributed by atoms with van der Waals surface area (Å²) in [6.07, 6.45) is 3.48. The first-order valence-corrected chi connectivity index (χ1v) is 8.92. The van der Waals surface area contributed by atoms with Crippen LogP contribution in [0, 0.1) is 6.92 Å². The number of nitrogens with zero attached hydrogens (tertiary/aromatic N) is 2. The van der Waals surface area contributed by atoms with Crippen molar-refractivity contribution in [1.29, 1.82) is 0 Å². The molecule has 24 heavy (non-hydrogen) atoms. The van der Waals surface area contributed by atoms with Crippen LogP contribution in [0.5, 0.6) is 5.75 Å². The number of phenolic OH excluding ortho intramolecular Hbond substituents is 1. The second-order valence-corrected chi connectivity index (χ2v) is 6.89. The largest absolute Gasteiger partial charge is 0.507 e. The molecule has 0 aliphatic carbocycles. The van der Waals surface area contributed by atoms with Crippen molar-refractivity contribution in [3.05, 3.63) is 53.1 Å². The summed E-state index contributed by atoms with van der Waals surface area (Å²) in [6.45, 7) is 7.25. The first kappa shape index (κ1) is 16.7. The van der Waals surface area contributed by atoms with Crippen LogP contribution in [0.1, 0.15) is 43.4 Å². The summed E-state index contributed by atoms with van der Waals surface area (Å²) in [7, 11) is 2.13. The van der Waals surface area contributed by atoms with Crippen LogP contribution in [0.2, 0.25) is 0 Å². The molecule has 3 heteroatoms. The standard InChI is InChI=1S/C21H28N2O/c1-5-6-9-17-12-15(2)13-18(21(17)24)14-23-16(3)22(4)19-10-7-8-11-20(19)23/h7-8,10-13,16,24H,5-6,9,14H2,1-4H3. The number of benzene rings is 2. The summed E-state index contributed by atoms with van der Waals surface area (Å²) in [6, 6.07) is 12.7. The van der Waals surface area contributed by atoms with Gasteiger partial charge in [0.1, 0.15) is 5.75 Å². The first-order valence-electron chi connectivity index (χ1n) is 8.92. The van der Waals surface area contributed by atoms with Crippen molar-refractivity contribution >= 4 is 11.4 Å². The minimum absolute atomic E-state index is 0.279. The van der Waals surface area contributed by atoms with Gasteiger partial charge < -0.3 is 14.9 Å². The molecule has 1 N–H and O–H groups in total. The Morgan fingerprint density at radius 3 is 2.46 bits per heavy atom. The molecule has 128 valence electrons. The average Bonchev–Trinajstić information content (AvgIpc) is 2.82. The number of aryl methyl sites for hydroxylation is 2. The fourth-order valence-corrected chi connectivity index (χ4v) is 3.63. The van der Waals surface area contributed by atoms with Crippen molar-refractivity contribution in [2.75, 3.05) is 16.8 Å². The van der Waals surface area contributed by atoms with Gasteiger partial charge in [0.25, 0.3) is 0 Å². The Kier molecular flexibility index (Phi) is 4.70. The van der Waals surface area contributed by atoms with Crippen molar-refractivity contribution in [3.8, 4) is 5.75 Å². The minimum atomic E-state index is 0.279. The van der Waals surface area contributed by atoms with Gasteiger partial charge in [-0.05, 0) is 44.4 Å². The van der Waals surface area contributed by atoms with Crippen LogP contribution >= 0.6 is 0 Å². The molecule has 2 aromatic rings. The molecule has 1 aliphatic rings. The zero-order valence-corrected chi connectivity index (χ0v) is 15.2. The van der Waals surface area contributed by atoms with Gasteiger partial charge in [0.15, 0.2) is 0 Å². The first-order chi connectivity index (χ1) is 11.5. The van der Waals surface area contributed by atoms with Gasteiger partial charge in [0.2, 0.25) is 0 Å². The zero-order valence-electron chi connectivity index (χ0n) is 15.2. The second-order valence-electron chi connectivity index (χ2n) is 6.89. The molecule has 0 aromatic heterocycles. The highest BCUT2D eigenvalue weighted by Crippen LogP contribution is 2.40. The van der Waals surface area contributed by atoms with Gasteiger partial charge in [0, 0.05) is 19.2 Å². The van der Waals surface area contributed by atoms with E-state index < -0.39 is 0 Å². The van der Waals surface area contributed by atoms with E-state index >= 15 is 0 Å². The van der Waals surface area contributed by atoms with Crippen LogP contribution in [0.25, 0.3) is 0 Å². The molecular weight excluding hydrogens is 296 g/mol. The van der Waals surface area contributed by atoms with Crippen LogP contribution in [0.15, 0.2) is 36.4 Å². The Labute approximate surface area is 145 Å². The molecule has 3 rings (SSSR count). The number of fused-ring (bicyclic) bond motifs is 1. The van der Waals surface area contributed by atoms with Crippen molar-refractivity contribution in [3.63, 3.8) is 0 Å². The number of aromatic hydroxyl groups is 1. The van der Waals surface area contributed by atoms with Crippen LogP contribution < -0.4 is 9.80 Å². The molecule has 0 radical (unpaired) electrons. The van der Waals surface area contributed by atoms with Gasteiger partial charge in [-0.1, -0.05) is 43.2 Å². The molecule has 2 aromatic carbocycles. The van der Waals surface area contributed by atoms with Crippen molar-refractivity contribution in [1.82, 2.24) is 0 Å². The SMILES string of the molecule is CCCCc1cc(C)cc(CN2c3ccccc3N(C)C2C)c1O. The fraction of sp³-hybridized carbons (Fsp3) is 0.429. The van der Waals surface area contributed by atoms with Crippen LogP contribution in [0.4, 0.5) is 11.4 Å². The van der Waals surface area contributed by atoms with E-state index in [9.17, 15) is 5.11 Å². The van der Waals surface area contributed by atoms with Crippen LogP contribution in [-0.4, -0.2) is 18.3 Å². The van der Waals surface area contributed by atoms with E-state index in [4.69, 9.17) is 0 Å². The zero-order chi connectivity index (χ0) is 17.3. The molecule has 0 bridgehead atoms. The summed E-state index contributed by atoms with van der Waals surface area (Å²) < 4.78 is 0. The van der Waals surface area contributed by atoms with E-state index in [0.717, 1.165) is 36.9 Å². The van der Waals surface area contributed by atoms with Gasteiger partial charge in [-0.25, -0.2) is 0 Å². The number of phenols is 1. The molecule has 1 atom stereocenters. The number of hydrogen-bond acceptors (Lipinski definition) is 3. The molecule has 0 saturated heterocycles. The molecule has 0 amide bonds. The highest BCUT2D eigenvalue weighted by Gasteiger charge is 2.30. The third kappa shape index (κ3) is 2.95. The quantitative estimate of drug-likeness (QED) is 0.852. The Hall–Kier alpha value is -2.16. The molecule has 0 saturated carbocycles. The molecule has 0 fully saturated rings. The molecule has 1 heterocycles. The Morgan fingerprint density at radius 2 is 1.75 bits per heavy atom. The maximum absolute atomic E-state index is 10.8. The number of hydrogen-bond donors (Lipinski definition) is 1. The van der Waals surface area contributed by atoms with E-state index in [1.54, 1.807) is 0 Å². The number of anilines is 2. The van der Waals surface area contributed by atoms with Crippen LogP contribution in [0.3, 0.4) is 0 Å². The van der Waals surface area contributed by atoms with E-state index in [2.05, 4.69) is 74.0 Å². The smallest absolute Gasteiger partial charge is 0.123 e. The van der Waals surface area contributed by atoms with E-state index in [1.807, 2.05) is 0 Å². The van der Waals surface area contributed by atoms with Gasteiger partial charge in [-0.15, -0.1) is 0 Å². The molecule has 1 aliphatic heterocycles. The minimum Gasteiger partial charge on any atom is -0.507 e. The summed E-state index contributed by atoms with van der Waals surface area (Å²) >= 11 is 0. The predicted octanol–water partition coefficient (Wildman–Crippen LogP) is 4.85. The van der Waals surface area contributed by atoms with E-state index in [0.29, 0.717) is 5.75 Å². The molecule has 0 spiro atoms. The van der Waals surface area contributed by atoms with E-state index in [1.165, 1.54) is 16.9 Å². The predicted molar refractivity (Wildman–Crippen MR) is 102 cm³/mol. The van der Waals surface area contributed by atoms with Gasteiger partial charge in [0.05, 0.1) is 17.5 Å². The summed E-state index contributed by atoms with van der Waals surface area (Å²) in [5.41, 5.74) is 5.83. The number of unbranched alkanes of at least 4 members (excludes halogenated alkanes) is 1. The van der Waals surface area contributed by atoms with Gasteiger partial charge in [-0.3, -0.25) is 0 Å². The third-order valence-electron chi connectivity index (χ3n) is 5.14. The fourth-order valence-electron chi connectivity index (χ4n) is 3.63. The Balaban J connectivity index is 1.93. The van der Waals surface area contributed by atoms with Crippen molar-refractivity contribution in [2.45, 2.75) is 52.7 Å². The topological polar surface area (TPSA) is 26.7 Å². The van der Waals surface area contributed by atoms with Crippen LogP contribution in [-0.2, 0) is 13.0 Å². The van der Waals surface area contributed by atoms with Crippen molar-refractivity contribution in [2.24, 2.45) is 0 Å². The lowest BCUT2D eigenvalue weighted by molar-refractivity contribution is 0.457. The Bertz CT molecular complexity index is 726. The molecule has 1 unspecified atom stereocenters. The maximum atomic E-state index is 10.8. The number of rotatable bonds is 5. The lowest BCUT2D eigenvalue weighted by Gasteiger charge is -2.28. The van der Waals surface area contributed by atoms with Crippen molar-refractivity contribution < 1.29 is 5.11 Å². The maximum Gasteiger partial charge on any atom is 0.123 e. The highest BCUT2D eigenvalue weighted by molar-refractivity contribution is 5.77. The lowest BCUT2D eigenvalue weighted by atomic mass is 10.00. The summed E-state index contributed by atoms with van der Waals surface area (Å²) in [5.74, 6) is 0.480. The third-order valence-corrected chi connectivity index (χ3v) is 5.14. The summed E-state index contributed by atoms with van der Waals surface area (Å²) in [5, 5.41) is 10.8. The normalized spacial score (nSPS) is 16.6. The van der Waals surface area contributed by atoms with Gasteiger partial charge in [-0.2, -0.15) is 0 Å². The van der Waals surface area contributed by atoms with E-state index in [-0.39, 0.29) is 6.17 Å². The average molecular weight is 324 g/mol. The molecular formula is C21H28N2O. The monoisotopic (exact) mass is 324 g/mol. The second kappa shape index (κ2) is 6.76. The summed E-state index contributed by atoms with van der Waals surface area (Å²) in [4.78, 5) is 4.66. The molecule has 3 nitrogen and oxygen atoms in total. The number of para-hydroxylation sites is 2. The highest BCUT2D eigenvalue weighted by atomic mass is 16.3.